The van der Waals surface area contributed by atoms with E-state index in [0.29, 0.717) is 6.04 Å². The zero-order valence-electron chi connectivity index (χ0n) is 10.9. The number of hydrogen-bond donors (Lipinski definition) is 1. The zero-order chi connectivity index (χ0) is 11.9. The van der Waals surface area contributed by atoms with Crippen molar-refractivity contribution in [2.75, 3.05) is 6.54 Å². The highest BCUT2D eigenvalue weighted by molar-refractivity contribution is 4.79. The molecular weight excluding hydrogens is 210 g/mol. The lowest BCUT2D eigenvalue weighted by molar-refractivity contribution is 0.324. The largest absolute Gasteiger partial charge is 0.312 e. The summed E-state index contributed by atoms with van der Waals surface area (Å²) < 4.78 is 2.00. The minimum Gasteiger partial charge on any atom is -0.312 e. The Morgan fingerprint density at radius 2 is 2.18 bits per heavy atom. The first-order valence-corrected chi connectivity index (χ1v) is 7.05. The second kappa shape index (κ2) is 6.80. The van der Waals surface area contributed by atoms with Crippen LogP contribution in [0.1, 0.15) is 45.4 Å². The van der Waals surface area contributed by atoms with Crippen LogP contribution in [-0.2, 0) is 6.54 Å². The lowest BCUT2D eigenvalue weighted by atomic mass is 9.87. The van der Waals surface area contributed by atoms with Crippen molar-refractivity contribution in [3.05, 3.63) is 18.5 Å². The minimum atomic E-state index is 0.512. The van der Waals surface area contributed by atoms with Gasteiger partial charge in [-0.1, -0.05) is 32.1 Å². The van der Waals surface area contributed by atoms with Crippen LogP contribution in [0.5, 0.6) is 0 Å². The van der Waals surface area contributed by atoms with E-state index in [1.54, 1.807) is 0 Å². The number of hydrogen-bond acceptors (Lipinski definition) is 2. The zero-order valence-corrected chi connectivity index (χ0v) is 10.9. The smallest absolute Gasteiger partial charge is 0.0559 e. The number of aromatic nitrogens is 2. The molecule has 1 aromatic heterocycles. The summed E-state index contributed by atoms with van der Waals surface area (Å²) >= 11 is 0. The lowest BCUT2D eigenvalue weighted by Crippen LogP contribution is -2.32. The molecule has 1 fully saturated rings. The van der Waals surface area contributed by atoms with E-state index < -0.39 is 0 Å². The van der Waals surface area contributed by atoms with Crippen molar-refractivity contribution in [1.82, 2.24) is 15.1 Å². The summed E-state index contributed by atoms with van der Waals surface area (Å²) in [4.78, 5) is 0. The van der Waals surface area contributed by atoms with Crippen molar-refractivity contribution < 1.29 is 0 Å². The first-order valence-electron chi connectivity index (χ1n) is 7.05. The van der Waals surface area contributed by atoms with E-state index in [2.05, 4.69) is 17.3 Å². The Morgan fingerprint density at radius 3 is 2.88 bits per heavy atom. The highest BCUT2D eigenvalue weighted by Crippen LogP contribution is 2.25. The van der Waals surface area contributed by atoms with Crippen LogP contribution in [0.4, 0.5) is 0 Å². The van der Waals surface area contributed by atoms with Crippen molar-refractivity contribution in [3.8, 4) is 0 Å². The summed E-state index contributed by atoms with van der Waals surface area (Å²) in [7, 11) is 0. The van der Waals surface area contributed by atoms with Crippen molar-refractivity contribution in [1.29, 1.82) is 0 Å². The second-order valence-corrected chi connectivity index (χ2v) is 5.38. The Kier molecular flexibility index (Phi) is 5.05. The monoisotopic (exact) mass is 235 g/mol. The fourth-order valence-electron chi connectivity index (χ4n) is 2.76. The molecule has 1 unspecified atom stereocenters. The maximum Gasteiger partial charge on any atom is 0.0559 e. The highest BCUT2D eigenvalue weighted by atomic mass is 15.3. The van der Waals surface area contributed by atoms with Gasteiger partial charge in [-0.15, -0.1) is 0 Å². The van der Waals surface area contributed by atoms with Gasteiger partial charge in [-0.3, -0.25) is 4.68 Å². The van der Waals surface area contributed by atoms with E-state index in [1.165, 1.54) is 38.5 Å². The fraction of sp³-hybridized carbons (Fsp3) is 0.786. The number of rotatable bonds is 6. The topological polar surface area (TPSA) is 29.9 Å². The lowest BCUT2D eigenvalue weighted by Gasteiger charge is -2.22. The van der Waals surface area contributed by atoms with Gasteiger partial charge in [-0.2, -0.15) is 5.10 Å². The number of nitrogens with zero attached hydrogens (tertiary/aromatic N) is 2. The summed E-state index contributed by atoms with van der Waals surface area (Å²) in [5, 5.41) is 7.84. The molecule has 0 amide bonds. The Morgan fingerprint density at radius 1 is 1.35 bits per heavy atom. The molecule has 3 heteroatoms. The van der Waals surface area contributed by atoms with Gasteiger partial charge in [-0.25, -0.2) is 0 Å². The van der Waals surface area contributed by atoms with Gasteiger partial charge in [0, 0.05) is 18.4 Å². The first-order chi connectivity index (χ1) is 8.34. The Hall–Kier alpha value is -0.830. The van der Waals surface area contributed by atoms with Gasteiger partial charge >= 0.3 is 0 Å². The van der Waals surface area contributed by atoms with E-state index in [4.69, 9.17) is 0 Å². The molecule has 96 valence electrons. The predicted octanol–water partition coefficient (Wildman–Crippen LogP) is 2.83. The summed E-state index contributed by atoms with van der Waals surface area (Å²) in [5.74, 6) is 0.980. The van der Waals surface area contributed by atoms with Crippen molar-refractivity contribution in [2.24, 2.45) is 5.92 Å². The molecule has 0 spiro atoms. The average Bonchev–Trinajstić information content (AvgIpc) is 2.83. The first kappa shape index (κ1) is 12.6. The standard InChI is InChI=1S/C14H25N3/c1-13(12-17-11-5-9-16-17)15-10-8-14-6-3-2-4-7-14/h5,9,11,13-15H,2-4,6-8,10,12H2,1H3. The average molecular weight is 235 g/mol. The molecule has 1 aliphatic carbocycles. The normalized spacial score (nSPS) is 19.4. The van der Waals surface area contributed by atoms with Crippen LogP contribution in [0, 0.1) is 5.92 Å². The molecule has 1 saturated carbocycles. The van der Waals surface area contributed by atoms with Crippen LogP contribution in [0.2, 0.25) is 0 Å². The van der Waals surface area contributed by atoms with Crippen molar-refractivity contribution >= 4 is 0 Å². The summed E-state index contributed by atoms with van der Waals surface area (Å²) in [6.07, 6.45) is 12.5. The van der Waals surface area contributed by atoms with Gasteiger partial charge in [0.05, 0.1) is 6.54 Å². The van der Waals surface area contributed by atoms with Crippen LogP contribution >= 0.6 is 0 Å². The van der Waals surface area contributed by atoms with E-state index in [9.17, 15) is 0 Å². The van der Waals surface area contributed by atoms with Crippen LogP contribution in [-0.4, -0.2) is 22.4 Å². The Labute approximate surface area is 105 Å². The van der Waals surface area contributed by atoms with Crippen molar-refractivity contribution in [2.45, 2.75) is 58.0 Å². The van der Waals surface area contributed by atoms with Gasteiger partial charge in [0.25, 0.3) is 0 Å². The maximum absolute atomic E-state index is 4.23. The second-order valence-electron chi connectivity index (χ2n) is 5.38. The molecule has 0 aliphatic heterocycles. The SMILES string of the molecule is CC(Cn1cccn1)NCCC1CCCCC1. The summed E-state index contributed by atoms with van der Waals surface area (Å²) in [6, 6.07) is 2.49. The molecular formula is C14H25N3. The van der Waals surface area contributed by atoms with E-state index >= 15 is 0 Å². The van der Waals surface area contributed by atoms with Crippen LogP contribution in [0.25, 0.3) is 0 Å². The summed E-state index contributed by atoms with van der Waals surface area (Å²) in [5.41, 5.74) is 0. The predicted molar refractivity (Wildman–Crippen MR) is 70.9 cm³/mol. The van der Waals surface area contributed by atoms with E-state index in [0.717, 1.165) is 19.0 Å². The summed E-state index contributed by atoms with van der Waals surface area (Å²) in [6.45, 7) is 4.37. The van der Waals surface area contributed by atoms with Crippen molar-refractivity contribution in [3.63, 3.8) is 0 Å². The van der Waals surface area contributed by atoms with E-state index in [1.807, 2.05) is 23.1 Å². The number of nitrogens with one attached hydrogen (secondary N) is 1. The molecule has 0 radical (unpaired) electrons. The molecule has 1 atom stereocenters. The molecule has 0 saturated heterocycles. The molecule has 2 rings (SSSR count). The molecule has 1 heterocycles. The van der Waals surface area contributed by atoms with Crippen LogP contribution in [0.15, 0.2) is 18.5 Å². The molecule has 1 aliphatic rings. The molecule has 1 aromatic rings. The van der Waals surface area contributed by atoms with Gasteiger partial charge in [0.1, 0.15) is 0 Å². The van der Waals surface area contributed by atoms with Gasteiger partial charge in [-0.05, 0) is 31.9 Å². The molecule has 0 aromatic carbocycles. The van der Waals surface area contributed by atoms with Gasteiger partial charge in [0.15, 0.2) is 0 Å². The minimum absolute atomic E-state index is 0.512. The molecule has 3 nitrogen and oxygen atoms in total. The Bertz CT molecular complexity index is 288. The third kappa shape index (κ3) is 4.50. The molecule has 0 bridgehead atoms. The third-order valence-corrected chi connectivity index (χ3v) is 3.79. The van der Waals surface area contributed by atoms with Crippen LogP contribution in [0.3, 0.4) is 0 Å². The molecule has 1 N–H and O–H groups in total. The quantitative estimate of drug-likeness (QED) is 0.821. The Balaban J connectivity index is 1.58. The highest BCUT2D eigenvalue weighted by Gasteiger charge is 2.13. The van der Waals surface area contributed by atoms with E-state index in [-0.39, 0.29) is 0 Å². The maximum atomic E-state index is 4.23. The van der Waals surface area contributed by atoms with Crippen LogP contribution < -0.4 is 5.32 Å². The fourth-order valence-corrected chi connectivity index (χ4v) is 2.76. The third-order valence-electron chi connectivity index (χ3n) is 3.79. The molecule has 17 heavy (non-hydrogen) atoms. The van der Waals surface area contributed by atoms with Gasteiger partial charge < -0.3 is 5.32 Å². The van der Waals surface area contributed by atoms with Gasteiger partial charge in [0.2, 0.25) is 0 Å².